The molecule has 6 heteroatoms. The van der Waals surface area contributed by atoms with E-state index in [2.05, 4.69) is 10.1 Å². The first-order valence-corrected chi connectivity index (χ1v) is 9.41. The summed E-state index contributed by atoms with van der Waals surface area (Å²) < 4.78 is 7.47. The summed E-state index contributed by atoms with van der Waals surface area (Å²) in [5.41, 5.74) is 1.93. The van der Waals surface area contributed by atoms with Gasteiger partial charge in [-0.2, -0.15) is 0 Å². The molecule has 0 radical (unpaired) electrons. The number of likely N-dealkylation sites (tertiary alicyclic amines) is 1. The number of nitrogens with zero attached hydrogens (tertiary/aromatic N) is 4. The lowest BCUT2D eigenvalue weighted by molar-refractivity contribution is 0.0685. The van der Waals surface area contributed by atoms with Gasteiger partial charge in [-0.1, -0.05) is 24.4 Å². The van der Waals surface area contributed by atoms with Crippen LogP contribution in [-0.4, -0.2) is 32.1 Å². The molecule has 0 bridgehead atoms. The third-order valence-corrected chi connectivity index (χ3v) is 5.61. The van der Waals surface area contributed by atoms with E-state index in [1.807, 2.05) is 35.7 Å². The molecule has 25 heavy (non-hydrogen) atoms. The summed E-state index contributed by atoms with van der Waals surface area (Å²) in [4.78, 5) is 19.5. The molecule has 4 rings (SSSR count). The van der Waals surface area contributed by atoms with E-state index in [1.165, 1.54) is 19.3 Å². The smallest absolute Gasteiger partial charge is 0.293 e. The zero-order chi connectivity index (χ0) is 17.4. The highest BCUT2D eigenvalue weighted by Gasteiger charge is 2.35. The molecular weight excluding hydrogens is 316 g/mol. The molecule has 134 valence electrons. The first-order chi connectivity index (χ1) is 12.1. The predicted octanol–water partition coefficient (Wildman–Crippen LogP) is 3.74. The van der Waals surface area contributed by atoms with Crippen LogP contribution < -0.4 is 0 Å². The monoisotopic (exact) mass is 342 g/mol. The van der Waals surface area contributed by atoms with Crippen molar-refractivity contribution in [2.75, 3.05) is 6.54 Å². The maximum atomic E-state index is 13.0. The molecule has 2 fully saturated rings. The van der Waals surface area contributed by atoms with Crippen molar-refractivity contribution in [3.8, 4) is 0 Å². The van der Waals surface area contributed by atoms with Crippen molar-refractivity contribution < 1.29 is 9.32 Å². The Morgan fingerprint density at radius 2 is 2.00 bits per heavy atom. The molecule has 1 saturated carbocycles. The van der Waals surface area contributed by atoms with Crippen LogP contribution in [0.25, 0.3) is 0 Å². The number of hydrogen-bond acceptors (Lipinski definition) is 4. The van der Waals surface area contributed by atoms with E-state index in [9.17, 15) is 4.79 Å². The fourth-order valence-corrected chi connectivity index (χ4v) is 4.34. The van der Waals surface area contributed by atoms with Gasteiger partial charge < -0.3 is 14.0 Å². The Labute approximate surface area is 148 Å². The number of carbonyl (C=O) groups excluding carboxylic acids is 1. The highest BCUT2D eigenvalue weighted by Crippen LogP contribution is 2.35. The summed E-state index contributed by atoms with van der Waals surface area (Å²) in [6, 6.07) is 1.90. The van der Waals surface area contributed by atoms with Crippen molar-refractivity contribution in [3.63, 3.8) is 0 Å². The van der Waals surface area contributed by atoms with Gasteiger partial charge in [0, 0.05) is 31.8 Å². The normalized spacial score (nSPS) is 21.8. The Kier molecular flexibility index (Phi) is 4.36. The summed E-state index contributed by atoms with van der Waals surface area (Å²) in [6.07, 6.45) is 10.0. The Balaban J connectivity index is 1.53. The van der Waals surface area contributed by atoms with Gasteiger partial charge in [0.05, 0.1) is 17.4 Å². The van der Waals surface area contributed by atoms with Crippen LogP contribution in [0.3, 0.4) is 0 Å². The lowest BCUT2D eigenvalue weighted by Crippen LogP contribution is -2.31. The van der Waals surface area contributed by atoms with Crippen molar-refractivity contribution in [2.45, 2.75) is 63.8 Å². The van der Waals surface area contributed by atoms with Gasteiger partial charge in [-0.25, -0.2) is 4.98 Å². The minimum atomic E-state index is -0.0577. The number of hydrogen-bond donors (Lipinski definition) is 0. The molecule has 1 unspecified atom stereocenters. The van der Waals surface area contributed by atoms with E-state index in [0.29, 0.717) is 11.7 Å². The number of aromatic nitrogens is 3. The minimum absolute atomic E-state index is 0.0226. The fourth-order valence-electron chi connectivity index (χ4n) is 4.34. The number of aryl methyl sites for hydroxylation is 2. The van der Waals surface area contributed by atoms with Crippen LogP contribution >= 0.6 is 0 Å². The second kappa shape index (κ2) is 6.65. The van der Waals surface area contributed by atoms with Gasteiger partial charge in [-0.3, -0.25) is 4.79 Å². The van der Waals surface area contributed by atoms with Crippen molar-refractivity contribution >= 4 is 5.91 Å². The lowest BCUT2D eigenvalue weighted by atomic mass is 9.87. The van der Waals surface area contributed by atoms with E-state index in [4.69, 9.17) is 4.52 Å². The summed E-state index contributed by atoms with van der Waals surface area (Å²) in [5.74, 6) is 1.72. The van der Waals surface area contributed by atoms with Crippen LogP contribution in [0.15, 0.2) is 16.8 Å². The van der Waals surface area contributed by atoms with Gasteiger partial charge in [0.2, 0.25) is 5.76 Å². The maximum Gasteiger partial charge on any atom is 0.293 e. The number of amides is 1. The Bertz CT molecular complexity index is 757. The highest BCUT2D eigenvalue weighted by molar-refractivity contribution is 5.92. The van der Waals surface area contributed by atoms with Crippen molar-refractivity contribution in [1.82, 2.24) is 19.6 Å². The molecule has 3 heterocycles. The number of rotatable bonds is 3. The molecule has 1 saturated heterocycles. The van der Waals surface area contributed by atoms with Crippen LogP contribution in [0.4, 0.5) is 0 Å². The Morgan fingerprint density at radius 3 is 2.72 bits per heavy atom. The summed E-state index contributed by atoms with van der Waals surface area (Å²) in [7, 11) is 1.99. The first-order valence-electron chi connectivity index (χ1n) is 9.41. The Hall–Kier alpha value is -2.11. The van der Waals surface area contributed by atoms with Gasteiger partial charge in [0.1, 0.15) is 5.82 Å². The number of carbonyl (C=O) groups is 1. The third kappa shape index (κ3) is 3.10. The van der Waals surface area contributed by atoms with Gasteiger partial charge >= 0.3 is 0 Å². The summed E-state index contributed by atoms with van der Waals surface area (Å²) in [6.45, 7) is 2.73. The molecule has 2 aromatic heterocycles. The molecule has 2 aromatic rings. The Morgan fingerprint density at radius 1 is 1.20 bits per heavy atom. The average molecular weight is 342 g/mol. The standard InChI is InChI=1S/C19H26N4O2/c1-13-12-22(2)18(20-13)16-9-6-10-23(16)19(24)17-11-15(21-25-17)14-7-4-3-5-8-14/h11-12,14,16H,3-10H2,1-2H3. The fraction of sp³-hybridized carbons (Fsp3) is 0.632. The van der Waals surface area contributed by atoms with Crippen LogP contribution in [-0.2, 0) is 7.05 Å². The average Bonchev–Trinajstić information content (AvgIpc) is 3.34. The second-order valence-corrected chi connectivity index (χ2v) is 7.46. The quantitative estimate of drug-likeness (QED) is 0.852. The maximum absolute atomic E-state index is 13.0. The minimum Gasteiger partial charge on any atom is -0.351 e. The molecule has 0 spiro atoms. The van der Waals surface area contributed by atoms with Crippen molar-refractivity contribution in [2.24, 2.45) is 7.05 Å². The van der Waals surface area contributed by atoms with E-state index >= 15 is 0 Å². The van der Waals surface area contributed by atoms with Crippen LogP contribution in [0, 0.1) is 6.92 Å². The molecule has 2 aliphatic rings. The molecular formula is C19H26N4O2. The summed E-state index contributed by atoms with van der Waals surface area (Å²) in [5, 5.41) is 4.21. The SMILES string of the molecule is Cc1cn(C)c(C2CCCN2C(=O)c2cc(C3CCCCC3)no2)n1. The molecule has 1 atom stereocenters. The molecule has 1 amide bonds. The van der Waals surface area contributed by atoms with Crippen molar-refractivity contribution in [1.29, 1.82) is 0 Å². The summed E-state index contributed by atoms with van der Waals surface area (Å²) >= 11 is 0. The van der Waals surface area contributed by atoms with Crippen LogP contribution in [0.1, 0.15) is 84.7 Å². The zero-order valence-corrected chi connectivity index (χ0v) is 15.1. The van der Waals surface area contributed by atoms with Crippen molar-refractivity contribution in [3.05, 3.63) is 35.2 Å². The molecule has 1 aliphatic heterocycles. The predicted molar refractivity (Wildman–Crippen MR) is 93.3 cm³/mol. The molecule has 1 aliphatic carbocycles. The molecule has 0 aromatic carbocycles. The van der Waals surface area contributed by atoms with E-state index in [1.54, 1.807) is 0 Å². The third-order valence-electron chi connectivity index (χ3n) is 5.61. The van der Waals surface area contributed by atoms with E-state index in [0.717, 1.165) is 49.4 Å². The number of imidazole rings is 1. The van der Waals surface area contributed by atoms with E-state index < -0.39 is 0 Å². The lowest BCUT2D eigenvalue weighted by Gasteiger charge is -2.23. The second-order valence-electron chi connectivity index (χ2n) is 7.46. The van der Waals surface area contributed by atoms with Crippen LogP contribution in [0.5, 0.6) is 0 Å². The van der Waals surface area contributed by atoms with Crippen LogP contribution in [0.2, 0.25) is 0 Å². The van der Waals surface area contributed by atoms with Gasteiger partial charge in [0.15, 0.2) is 0 Å². The molecule has 6 nitrogen and oxygen atoms in total. The highest BCUT2D eigenvalue weighted by atomic mass is 16.5. The van der Waals surface area contributed by atoms with E-state index in [-0.39, 0.29) is 11.9 Å². The first kappa shape index (κ1) is 16.4. The largest absolute Gasteiger partial charge is 0.351 e. The van der Waals surface area contributed by atoms with Gasteiger partial charge in [0.25, 0.3) is 5.91 Å². The molecule has 0 N–H and O–H groups in total. The van der Waals surface area contributed by atoms with Gasteiger partial charge in [-0.05, 0) is 32.6 Å². The van der Waals surface area contributed by atoms with Gasteiger partial charge in [-0.15, -0.1) is 0 Å². The zero-order valence-electron chi connectivity index (χ0n) is 15.1. The topological polar surface area (TPSA) is 64.2 Å².